The maximum Gasteiger partial charge on any atom is 0.173 e. The fraction of sp³-hybridized carbons (Fsp3) is 0.429. The van der Waals surface area contributed by atoms with Gasteiger partial charge in [0.2, 0.25) is 0 Å². The zero-order valence-corrected chi connectivity index (χ0v) is 17.3. The van der Waals surface area contributed by atoms with Gasteiger partial charge in [-0.3, -0.25) is 0 Å². The second kappa shape index (κ2) is 7.87. The van der Waals surface area contributed by atoms with Crippen molar-refractivity contribution < 1.29 is 9.32 Å². The van der Waals surface area contributed by atoms with Crippen LogP contribution in [0.1, 0.15) is 32.9 Å². The molecule has 0 spiro atoms. The van der Waals surface area contributed by atoms with E-state index < -0.39 is 11.2 Å². The van der Waals surface area contributed by atoms with Gasteiger partial charge in [0.05, 0.1) is 0 Å². The first-order valence-electron chi connectivity index (χ1n) is 9.48. The summed E-state index contributed by atoms with van der Waals surface area (Å²) >= 11 is 0.724. The summed E-state index contributed by atoms with van der Waals surface area (Å²) in [5, 5.41) is 9.98. The third kappa shape index (κ3) is 3.90. The molecule has 1 fully saturated rings. The van der Waals surface area contributed by atoms with Gasteiger partial charge in [-0.25, -0.2) is 12.8 Å². The molecule has 1 saturated heterocycles. The second-order valence-electron chi connectivity index (χ2n) is 7.46. The maximum absolute atomic E-state index is 12.9. The second-order valence-corrected chi connectivity index (χ2v) is 10.3. The number of benzene rings is 1. The zero-order valence-electron chi connectivity index (χ0n) is 15.7. The Balaban J connectivity index is 1.40. The van der Waals surface area contributed by atoms with Crippen molar-refractivity contribution in [2.24, 2.45) is 5.92 Å². The number of hydrogen-bond acceptors (Lipinski definition) is 3. The van der Waals surface area contributed by atoms with Crippen LogP contribution < -0.4 is 0 Å². The normalized spacial score (nSPS) is 23.4. The Morgan fingerprint density at radius 3 is 2.78 bits per heavy atom. The molecule has 0 amide bonds. The highest BCUT2D eigenvalue weighted by atomic mass is 32.2. The van der Waals surface area contributed by atoms with Crippen molar-refractivity contribution in [3.63, 3.8) is 0 Å². The molecule has 0 saturated carbocycles. The molecule has 4 nitrogen and oxygen atoms in total. The Bertz CT molecular complexity index is 863. The summed E-state index contributed by atoms with van der Waals surface area (Å²) in [5.74, 6) is 0.662. The van der Waals surface area contributed by atoms with E-state index in [1.807, 2.05) is 18.2 Å². The van der Waals surface area contributed by atoms with Crippen molar-refractivity contribution in [2.45, 2.75) is 32.7 Å². The third-order valence-electron chi connectivity index (χ3n) is 5.53. The topological polar surface area (TPSA) is 43.8 Å². The van der Waals surface area contributed by atoms with Crippen LogP contribution >= 0.6 is 11.3 Å². The summed E-state index contributed by atoms with van der Waals surface area (Å²) in [6.07, 6.45) is 3.12. The summed E-state index contributed by atoms with van der Waals surface area (Å²) in [5.41, 5.74) is 3.43. The van der Waals surface area contributed by atoms with Crippen LogP contribution in [0.15, 0.2) is 36.9 Å². The lowest BCUT2D eigenvalue weighted by atomic mass is 9.86. The van der Waals surface area contributed by atoms with Crippen LogP contribution in [0.2, 0.25) is 0 Å². The van der Waals surface area contributed by atoms with E-state index in [9.17, 15) is 9.32 Å². The third-order valence-corrected chi connectivity index (χ3v) is 8.27. The summed E-state index contributed by atoms with van der Waals surface area (Å²) in [4.78, 5) is 2.55. The molecule has 1 aromatic carbocycles. The fourth-order valence-electron chi connectivity index (χ4n) is 4.23. The number of thiophene rings is 1. The average Bonchev–Trinajstić information content (AvgIpc) is 3.16. The number of hydrogen-bond donors (Lipinski definition) is 1. The minimum absolute atomic E-state index is 0.185. The fourth-order valence-corrected chi connectivity index (χ4v) is 6.87. The van der Waals surface area contributed by atoms with Crippen LogP contribution in [0.3, 0.4) is 0 Å². The van der Waals surface area contributed by atoms with Crippen LogP contribution in [0.5, 0.6) is 0 Å². The summed E-state index contributed by atoms with van der Waals surface area (Å²) in [6, 6.07) is 10.2. The van der Waals surface area contributed by atoms with Gasteiger partial charge in [-0.05, 0) is 43.2 Å². The van der Waals surface area contributed by atoms with Gasteiger partial charge in [0, 0.05) is 41.5 Å². The Kier molecular flexibility index (Phi) is 5.50. The van der Waals surface area contributed by atoms with E-state index in [4.69, 9.17) is 0 Å². The van der Waals surface area contributed by atoms with E-state index in [0.29, 0.717) is 5.92 Å². The number of aryl methyl sites for hydroxylation is 2. The first-order chi connectivity index (χ1) is 13.0. The minimum Gasteiger partial charge on any atom is -0.508 e. The lowest BCUT2D eigenvalue weighted by Crippen LogP contribution is -2.33. The van der Waals surface area contributed by atoms with Gasteiger partial charge < -0.3 is 5.11 Å². The molecule has 2 unspecified atom stereocenters. The number of rotatable bonds is 5. The lowest BCUT2D eigenvalue weighted by molar-refractivity contribution is 0.348. The molecule has 1 aliphatic carbocycles. The molecule has 27 heavy (non-hydrogen) atoms. The van der Waals surface area contributed by atoms with Gasteiger partial charge in [0.25, 0.3) is 0 Å². The smallest absolute Gasteiger partial charge is 0.173 e. The predicted molar refractivity (Wildman–Crippen MR) is 113 cm³/mol. The highest BCUT2D eigenvalue weighted by Crippen LogP contribution is 2.39. The molecule has 2 aromatic rings. The maximum atomic E-state index is 12.9. The van der Waals surface area contributed by atoms with Gasteiger partial charge in [0.15, 0.2) is 11.2 Å². The zero-order chi connectivity index (χ0) is 19.0. The number of fused-ring (bicyclic) bond motifs is 1. The van der Waals surface area contributed by atoms with E-state index in [-0.39, 0.29) is 5.76 Å². The first kappa shape index (κ1) is 18.9. The van der Waals surface area contributed by atoms with Gasteiger partial charge in [-0.2, -0.15) is 0 Å². The van der Waals surface area contributed by atoms with Crippen LogP contribution in [0.4, 0.5) is 0 Å². The van der Waals surface area contributed by atoms with Gasteiger partial charge >= 0.3 is 0 Å². The van der Waals surface area contributed by atoms with E-state index in [1.54, 1.807) is 11.3 Å². The lowest BCUT2D eigenvalue weighted by Gasteiger charge is -2.27. The molecule has 4 rings (SSSR count). The van der Waals surface area contributed by atoms with Crippen molar-refractivity contribution in [3.8, 4) is 0 Å². The first-order valence-corrected chi connectivity index (χ1v) is 11.4. The van der Waals surface area contributed by atoms with Crippen LogP contribution in [0, 0.1) is 12.8 Å². The molecule has 1 aromatic heterocycles. The Labute approximate surface area is 167 Å². The van der Waals surface area contributed by atoms with Crippen LogP contribution in [-0.2, 0) is 30.6 Å². The summed E-state index contributed by atoms with van der Waals surface area (Å²) in [7, 11) is 0. The largest absolute Gasteiger partial charge is 0.508 e. The highest BCUT2D eigenvalue weighted by Gasteiger charge is 2.33. The van der Waals surface area contributed by atoms with E-state index in [2.05, 4.69) is 34.2 Å². The van der Waals surface area contributed by atoms with Crippen LogP contribution in [-0.4, -0.2) is 37.6 Å². The minimum atomic E-state index is -1.06. The summed E-state index contributed by atoms with van der Waals surface area (Å²) < 4.78 is 17.1. The van der Waals surface area contributed by atoms with Crippen molar-refractivity contribution >= 4 is 28.3 Å². The molecular formula is C21H26N2O2S2. The van der Waals surface area contributed by atoms with Crippen molar-refractivity contribution in [1.82, 2.24) is 8.61 Å². The summed E-state index contributed by atoms with van der Waals surface area (Å²) in [6.45, 7) is 9.09. The standard InChI is InChI=1S/C21H26N2O2S2/c1-15(24)21-16(2)26-20-9-8-18(12-19(20)21)14-23-11-10-22(27(23)25)13-17-6-4-3-5-7-17/h3-7,18,24H,1,8-14H2,2H3. The van der Waals surface area contributed by atoms with Crippen LogP contribution in [0.25, 0.3) is 5.76 Å². The monoisotopic (exact) mass is 402 g/mol. The van der Waals surface area contributed by atoms with Gasteiger partial charge in [0.1, 0.15) is 5.76 Å². The highest BCUT2D eigenvalue weighted by molar-refractivity contribution is 7.80. The molecule has 0 bridgehead atoms. The van der Waals surface area contributed by atoms with Crippen molar-refractivity contribution in [1.29, 1.82) is 0 Å². The molecule has 1 aliphatic heterocycles. The Morgan fingerprint density at radius 2 is 2.04 bits per heavy atom. The molecule has 2 heterocycles. The SMILES string of the molecule is C=C(O)c1c(C)sc2c1CC(CN1CCN(Cc3ccccc3)S1=O)CC2. The van der Waals surface area contributed by atoms with Gasteiger partial charge in [-0.1, -0.05) is 36.9 Å². The van der Waals surface area contributed by atoms with Gasteiger partial charge in [-0.15, -0.1) is 11.3 Å². The molecule has 2 aliphatic rings. The predicted octanol–water partition coefficient (Wildman–Crippen LogP) is 4.09. The molecule has 0 radical (unpaired) electrons. The van der Waals surface area contributed by atoms with E-state index in [0.717, 1.165) is 55.9 Å². The molecular weight excluding hydrogens is 376 g/mol. The average molecular weight is 403 g/mol. The Morgan fingerprint density at radius 1 is 1.30 bits per heavy atom. The Hall–Kier alpha value is -1.47. The number of aliphatic hydroxyl groups is 1. The van der Waals surface area contributed by atoms with E-state index in [1.165, 1.54) is 16.0 Å². The molecule has 1 N–H and O–H groups in total. The van der Waals surface area contributed by atoms with E-state index >= 15 is 0 Å². The quantitative estimate of drug-likeness (QED) is 0.766. The molecule has 144 valence electrons. The number of aliphatic hydroxyl groups excluding tert-OH is 1. The van der Waals surface area contributed by atoms with Crippen molar-refractivity contribution in [2.75, 3.05) is 19.6 Å². The number of nitrogens with zero attached hydrogens (tertiary/aromatic N) is 2. The molecule has 6 heteroatoms. The van der Waals surface area contributed by atoms with Crippen molar-refractivity contribution in [3.05, 3.63) is 63.4 Å². The molecule has 2 atom stereocenters.